The number of rotatable bonds is 5. The van der Waals surface area contributed by atoms with Gasteiger partial charge in [-0.25, -0.2) is 0 Å². The van der Waals surface area contributed by atoms with E-state index in [0.717, 1.165) is 30.8 Å². The zero-order valence-corrected chi connectivity index (χ0v) is 10.7. The molecule has 0 saturated heterocycles. The number of ether oxygens (including phenoxy) is 2. The highest BCUT2D eigenvalue weighted by atomic mass is 16.5. The summed E-state index contributed by atoms with van der Waals surface area (Å²) in [4.78, 5) is 0. The molecule has 1 aliphatic rings. The minimum atomic E-state index is 0.282. The molecule has 2 rings (SSSR count). The molecule has 1 aromatic carbocycles. The first-order chi connectivity index (χ1) is 8.24. The van der Waals surface area contributed by atoms with E-state index in [4.69, 9.17) is 15.2 Å². The van der Waals surface area contributed by atoms with E-state index >= 15 is 0 Å². The Labute approximate surface area is 103 Å². The van der Waals surface area contributed by atoms with Gasteiger partial charge in [0.15, 0.2) is 0 Å². The Kier molecular flexibility index (Phi) is 3.89. The highest BCUT2D eigenvalue weighted by Gasteiger charge is 2.21. The Bertz CT molecular complexity index is 390. The van der Waals surface area contributed by atoms with E-state index in [2.05, 4.69) is 19.1 Å². The molecule has 1 aliphatic heterocycles. The Hall–Kier alpha value is -1.22. The average Bonchev–Trinajstić information content (AvgIpc) is 2.65. The van der Waals surface area contributed by atoms with E-state index in [1.54, 1.807) is 0 Å². The van der Waals surface area contributed by atoms with Crippen LogP contribution in [0.2, 0.25) is 0 Å². The van der Waals surface area contributed by atoms with Crippen molar-refractivity contribution in [1.82, 2.24) is 0 Å². The molecule has 0 amide bonds. The van der Waals surface area contributed by atoms with Crippen molar-refractivity contribution in [2.45, 2.75) is 39.2 Å². The zero-order valence-electron chi connectivity index (χ0n) is 10.7. The molecule has 1 atom stereocenters. The lowest BCUT2D eigenvalue weighted by Gasteiger charge is -2.12. The third-order valence-corrected chi connectivity index (χ3v) is 3.03. The van der Waals surface area contributed by atoms with Gasteiger partial charge in [-0.1, -0.05) is 0 Å². The standard InChI is InChI=1S/C14H21NO2/c1-3-16-13-9-12-7-10(2)17-14(12)8-11(13)5-4-6-15/h8-10H,3-7,15H2,1-2H3. The summed E-state index contributed by atoms with van der Waals surface area (Å²) in [6, 6.07) is 4.26. The van der Waals surface area contributed by atoms with E-state index in [1.165, 1.54) is 11.1 Å². The van der Waals surface area contributed by atoms with Crippen LogP contribution in [0.3, 0.4) is 0 Å². The van der Waals surface area contributed by atoms with Gasteiger partial charge in [0.25, 0.3) is 0 Å². The van der Waals surface area contributed by atoms with Crippen LogP contribution in [-0.4, -0.2) is 19.3 Å². The molecule has 1 unspecified atom stereocenters. The molecule has 94 valence electrons. The summed E-state index contributed by atoms with van der Waals surface area (Å²) in [6.45, 7) is 5.52. The fourth-order valence-corrected chi connectivity index (χ4v) is 2.26. The van der Waals surface area contributed by atoms with Crippen LogP contribution >= 0.6 is 0 Å². The maximum absolute atomic E-state index is 5.77. The predicted molar refractivity (Wildman–Crippen MR) is 68.8 cm³/mol. The van der Waals surface area contributed by atoms with E-state index in [-0.39, 0.29) is 6.10 Å². The van der Waals surface area contributed by atoms with Crippen LogP contribution in [0.25, 0.3) is 0 Å². The van der Waals surface area contributed by atoms with E-state index in [0.29, 0.717) is 13.2 Å². The smallest absolute Gasteiger partial charge is 0.123 e. The SMILES string of the molecule is CCOc1cc2c(cc1CCCN)OC(C)C2. The largest absolute Gasteiger partial charge is 0.494 e. The lowest BCUT2D eigenvalue weighted by molar-refractivity contribution is 0.254. The summed E-state index contributed by atoms with van der Waals surface area (Å²) in [6.07, 6.45) is 3.20. The van der Waals surface area contributed by atoms with Crippen molar-refractivity contribution in [1.29, 1.82) is 0 Å². The molecule has 3 heteroatoms. The molecule has 0 aliphatic carbocycles. The van der Waals surface area contributed by atoms with Crippen molar-refractivity contribution in [3.8, 4) is 11.5 Å². The van der Waals surface area contributed by atoms with Gasteiger partial charge in [-0.15, -0.1) is 0 Å². The molecule has 3 nitrogen and oxygen atoms in total. The summed E-state index contributed by atoms with van der Waals surface area (Å²) in [5, 5.41) is 0. The Morgan fingerprint density at radius 1 is 1.47 bits per heavy atom. The van der Waals surface area contributed by atoms with Crippen LogP contribution in [-0.2, 0) is 12.8 Å². The lowest BCUT2D eigenvalue weighted by atomic mass is 10.0. The van der Waals surface area contributed by atoms with Gasteiger partial charge in [0.05, 0.1) is 6.61 Å². The molecule has 17 heavy (non-hydrogen) atoms. The van der Waals surface area contributed by atoms with Crippen LogP contribution in [0, 0.1) is 0 Å². The highest BCUT2D eigenvalue weighted by molar-refractivity contribution is 5.48. The summed E-state index contributed by atoms with van der Waals surface area (Å²) in [7, 11) is 0. The number of nitrogens with two attached hydrogens (primary N) is 1. The summed E-state index contributed by atoms with van der Waals surface area (Å²) >= 11 is 0. The second kappa shape index (κ2) is 5.41. The van der Waals surface area contributed by atoms with Crippen LogP contribution in [0.15, 0.2) is 12.1 Å². The molecular formula is C14H21NO2. The van der Waals surface area contributed by atoms with Gasteiger partial charge in [-0.2, -0.15) is 0 Å². The van der Waals surface area contributed by atoms with Crippen LogP contribution in [0.1, 0.15) is 31.4 Å². The predicted octanol–water partition coefficient (Wildman–Crippen LogP) is 2.30. The van der Waals surface area contributed by atoms with Crippen LogP contribution in [0.5, 0.6) is 11.5 Å². The highest BCUT2D eigenvalue weighted by Crippen LogP contribution is 2.35. The monoisotopic (exact) mass is 235 g/mol. The third-order valence-electron chi connectivity index (χ3n) is 3.03. The van der Waals surface area contributed by atoms with Gasteiger partial charge in [-0.3, -0.25) is 0 Å². The second-order valence-electron chi connectivity index (χ2n) is 4.53. The van der Waals surface area contributed by atoms with Crippen molar-refractivity contribution in [3.63, 3.8) is 0 Å². The Balaban J connectivity index is 2.26. The molecule has 0 fully saturated rings. The fraction of sp³-hybridized carbons (Fsp3) is 0.571. The number of hydrogen-bond acceptors (Lipinski definition) is 3. The number of fused-ring (bicyclic) bond motifs is 1. The first kappa shape index (κ1) is 12.2. The van der Waals surface area contributed by atoms with Crippen molar-refractivity contribution < 1.29 is 9.47 Å². The molecule has 0 saturated carbocycles. The van der Waals surface area contributed by atoms with Gasteiger partial charge in [0, 0.05) is 12.0 Å². The molecular weight excluding hydrogens is 214 g/mol. The Morgan fingerprint density at radius 2 is 2.29 bits per heavy atom. The van der Waals surface area contributed by atoms with Gasteiger partial charge in [-0.05, 0) is 50.9 Å². The molecule has 1 heterocycles. The summed E-state index contributed by atoms with van der Waals surface area (Å²) in [5.41, 5.74) is 8.04. The van der Waals surface area contributed by atoms with Gasteiger partial charge < -0.3 is 15.2 Å². The molecule has 1 aromatic rings. The minimum absolute atomic E-state index is 0.282. The molecule has 2 N–H and O–H groups in total. The normalized spacial score (nSPS) is 17.7. The van der Waals surface area contributed by atoms with Crippen molar-refractivity contribution in [3.05, 3.63) is 23.3 Å². The van der Waals surface area contributed by atoms with E-state index in [9.17, 15) is 0 Å². The molecule has 0 aromatic heterocycles. The lowest BCUT2D eigenvalue weighted by Crippen LogP contribution is -2.05. The first-order valence-electron chi connectivity index (χ1n) is 6.40. The average molecular weight is 235 g/mol. The van der Waals surface area contributed by atoms with E-state index in [1.807, 2.05) is 6.92 Å². The Morgan fingerprint density at radius 3 is 3.00 bits per heavy atom. The van der Waals surface area contributed by atoms with Gasteiger partial charge >= 0.3 is 0 Å². The van der Waals surface area contributed by atoms with Crippen molar-refractivity contribution in [2.24, 2.45) is 5.73 Å². The third kappa shape index (κ3) is 2.72. The maximum Gasteiger partial charge on any atom is 0.123 e. The first-order valence-corrected chi connectivity index (χ1v) is 6.40. The fourth-order valence-electron chi connectivity index (χ4n) is 2.26. The molecule has 0 bridgehead atoms. The van der Waals surface area contributed by atoms with Crippen molar-refractivity contribution >= 4 is 0 Å². The minimum Gasteiger partial charge on any atom is -0.494 e. The van der Waals surface area contributed by atoms with Crippen LogP contribution < -0.4 is 15.2 Å². The quantitative estimate of drug-likeness (QED) is 0.851. The summed E-state index contributed by atoms with van der Waals surface area (Å²) in [5.74, 6) is 2.02. The summed E-state index contributed by atoms with van der Waals surface area (Å²) < 4.78 is 11.5. The van der Waals surface area contributed by atoms with E-state index < -0.39 is 0 Å². The second-order valence-corrected chi connectivity index (χ2v) is 4.53. The topological polar surface area (TPSA) is 44.5 Å². The number of benzene rings is 1. The molecule has 0 radical (unpaired) electrons. The van der Waals surface area contributed by atoms with Crippen molar-refractivity contribution in [2.75, 3.05) is 13.2 Å². The van der Waals surface area contributed by atoms with Gasteiger partial charge in [0.2, 0.25) is 0 Å². The van der Waals surface area contributed by atoms with Crippen LogP contribution in [0.4, 0.5) is 0 Å². The maximum atomic E-state index is 5.77. The molecule has 0 spiro atoms. The van der Waals surface area contributed by atoms with Gasteiger partial charge in [0.1, 0.15) is 17.6 Å². The number of hydrogen-bond donors (Lipinski definition) is 1. The zero-order chi connectivity index (χ0) is 12.3. The number of aryl methyl sites for hydroxylation is 1.